The van der Waals surface area contributed by atoms with Crippen LogP contribution in [0.2, 0.25) is 0 Å². The van der Waals surface area contributed by atoms with Crippen molar-refractivity contribution in [3.05, 3.63) is 34.4 Å². The first-order chi connectivity index (χ1) is 23.8. The highest BCUT2D eigenvalue weighted by molar-refractivity contribution is 6.00. The number of carbonyl (C=O) groups is 2. The normalized spacial score (nSPS) is 41.2. The summed E-state index contributed by atoms with van der Waals surface area (Å²) in [6.07, 6.45) is 18.2. The molecule has 0 aromatic carbocycles. The average molecular weight is 702 g/mol. The SMILES string of the molecule is CC(C)C1=C2[C@H]3CC[C@@H]4[C@@]5(C)CC=C(C6=CCC(C(=O)OC(C)(C)C)CC6)C(C)(C)[C@@H]5CC[C@@]4(C)[C@]3(C)CC[C@@]2([C@@H](O)CNCC2CC2)CC1=O. The molecule has 0 aliphatic heterocycles. The maximum Gasteiger partial charge on any atom is 0.309 e. The van der Waals surface area contributed by atoms with Crippen LogP contribution in [0.3, 0.4) is 0 Å². The van der Waals surface area contributed by atoms with Gasteiger partial charge in [0.25, 0.3) is 0 Å². The van der Waals surface area contributed by atoms with Gasteiger partial charge in [0, 0.05) is 18.4 Å². The molecular weight excluding hydrogens is 631 g/mol. The first kappa shape index (κ1) is 37.6. The molecule has 284 valence electrons. The van der Waals surface area contributed by atoms with E-state index >= 15 is 0 Å². The molecule has 0 spiro atoms. The molecule has 0 heterocycles. The Morgan fingerprint density at radius 1 is 0.941 bits per heavy atom. The van der Waals surface area contributed by atoms with Crippen LogP contribution in [0, 0.1) is 62.6 Å². The van der Waals surface area contributed by atoms with E-state index in [0.717, 1.165) is 63.0 Å². The van der Waals surface area contributed by atoms with E-state index in [1.165, 1.54) is 43.3 Å². The molecule has 0 saturated heterocycles. The van der Waals surface area contributed by atoms with Gasteiger partial charge in [-0.25, -0.2) is 0 Å². The number of Topliss-reactive ketones (excluding diaryl/α,β-unsaturated/α-hetero) is 1. The van der Waals surface area contributed by atoms with Crippen LogP contribution in [0.15, 0.2) is 34.4 Å². The van der Waals surface area contributed by atoms with Crippen LogP contribution in [0.4, 0.5) is 0 Å². The zero-order chi connectivity index (χ0) is 36.9. The molecule has 4 saturated carbocycles. The Balaban J connectivity index is 1.16. The number of allylic oxidation sites excluding steroid dienone is 5. The Bertz CT molecular complexity index is 1520. The van der Waals surface area contributed by atoms with Gasteiger partial charge in [0.05, 0.1) is 12.0 Å². The molecule has 0 aromatic heterocycles. The minimum atomic E-state index is -0.508. The number of rotatable bonds is 8. The average Bonchev–Trinajstić information content (AvgIpc) is 3.80. The van der Waals surface area contributed by atoms with E-state index in [-0.39, 0.29) is 39.5 Å². The molecule has 4 fully saturated rings. The number of aliphatic hydroxyl groups is 1. The van der Waals surface area contributed by atoms with E-state index < -0.39 is 17.1 Å². The summed E-state index contributed by atoms with van der Waals surface area (Å²) < 4.78 is 5.76. The van der Waals surface area contributed by atoms with Gasteiger partial charge in [-0.15, -0.1) is 0 Å². The summed E-state index contributed by atoms with van der Waals surface area (Å²) in [5, 5.41) is 15.7. The predicted octanol–water partition coefficient (Wildman–Crippen LogP) is 9.93. The van der Waals surface area contributed by atoms with E-state index in [4.69, 9.17) is 4.74 Å². The zero-order valence-electron chi connectivity index (χ0n) is 34.0. The van der Waals surface area contributed by atoms with Crippen molar-refractivity contribution in [1.29, 1.82) is 0 Å². The van der Waals surface area contributed by atoms with Crippen molar-refractivity contribution in [1.82, 2.24) is 5.32 Å². The Hall–Kier alpha value is -1.72. The first-order valence-corrected chi connectivity index (χ1v) is 21.1. The highest BCUT2D eigenvalue weighted by atomic mass is 16.6. The van der Waals surface area contributed by atoms with Crippen LogP contribution >= 0.6 is 0 Å². The van der Waals surface area contributed by atoms with Gasteiger partial charge < -0.3 is 15.2 Å². The van der Waals surface area contributed by atoms with E-state index in [2.05, 4.69) is 65.9 Å². The van der Waals surface area contributed by atoms with Crippen LogP contribution < -0.4 is 5.32 Å². The summed E-state index contributed by atoms with van der Waals surface area (Å²) in [6.45, 7) is 24.9. The maximum atomic E-state index is 14.0. The predicted molar refractivity (Wildman–Crippen MR) is 206 cm³/mol. The summed E-state index contributed by atoms with van der Waals surface area (Å²) in [5.74, 6) is 2.79. The van der Waals surface area contributed by atoms with Gasteiger partial charge in [-0.05, 0) is 172 Å². The molecule has 0 amide bonds. The quantitative estimate of drug-likeness (QED) is 0.247. The van der Waals surface area contributed by atoms with Gasteiger partial charge in [-0.2, -0.15) is 0 Å². The molecule has 0 radical (unpaired) electrons. The number of aliphatic hydroxyl groups excluding tert-OH is 1. The summed E-state index contributed by atoms with van der Waals surface area (Å²) in [5.41, 5.74) is 5.20. The molecular formula is C46H71NO4. The second-order valence-corrected chi connectivity index (χ2v) is 21.2. The van der Waals surface area contributed by atoms with Gasteiger partial charge in [-0.3, -0.25) is 9.59 Å². The minimum absolute atomic E-state index is 0.0345. The van der Waals surface area contributed by atoms with Crippen molar-refractivity contribution in [3.63, 3.8) is 0 Å². The van der Waals surface area contributed by atoms with Crippen molar-refractivity contribution in [2.75, 3.05) is 13.1 Å². The van der Waals surface area contributed by atoms with Crippen LogP contribution in [0.25, 0.3) is 0 Å². The molecule has 7 aliphatic carbocycles. The van der Waals surface area contributed by atoms with Crippen molar-refractivity contribution >= 4 is 11.8 Å². The van der Waals surface area contributed by atoms with Gasteiger partial charge in [0.2, 0.25) is 0 Å². The number of hydrogen-bond donors (Lipinski definition) is 2. The summed E-state index contributed by atoms with van der Waals surface area (Å²) in [4.78, 5) is 26.9. The number of fused-ring (bicyclic) bond motifs is 7. The lowest BCUT2D eigenvalue weighted by molar-refractivity contribution is -0.202. The van der Waals surface area contributed by atoms with Gasteiger partial charge in [0.1, 0.15) is 5.60 Å². The Labute approximate surface area is 310 Å². The van der Waals surface area contributed by atoms with Crippen molar-refractivity contribution in [3.8, 4) is 0 Å². The molecule has 9 atom stereocenters. The second kappa shape index (κ2) is 12.7. The molecule has 0 aromatic rings. The molecule has 7 rings (SSSR count). The van der Waals surface area contributed by atoms with Crippen molar-refractivity contribution in [2.45, 2.75) is 164 Å². The lowest BCUT2D eigenvalue weighted by Crippen LogP contribution is -2.65. The molecule has 7 aliphatic rings. The van der Waals surface area contributed by atoms with E-state index in [0.29, 0.717) is 36.5 Å². The highest BCUT2D eigenvalue weighted by Crippen LogP contribution is 2.77. The van der Waals surface area contributed by atoms with E-state index in [9.17, 15) is 14.7 Å². The largest absolute Gasteiger partial charge is 0.460 e. The van der Waals surface area contributed by atoms with Crippen LogP contribution in [0.5, 0.6) is 0 Å². The van der Waals surface area contributed by atoms with Gasteiger partial charge in [-0.1, -0.05) is 66.2 Å². The molecule has 5 heteroatoms. The van der Waals surface area contributed by atoms with Crippen molar-refractivity contribution in [2.24, 2.45) is 62.6 Å². The van der Waals surface area contributed by atoms with Crippen LogP contribution in [-0.2, 0) is 14.3 Å². The standard InChI is InChI=1S/C46H71NO4/c1-28(2)38-34(48)25-46(37(49)27-47-26-29-11-12-29)24-23-44(9)33(39(38)46)17-18-36-43(8)21-19-32(42(6,7)35(43)20-22-45(36,44)10)30-13-15-31(16-14-30)40(50)51-41(3,4)5/h13,19,28-29,31,33,35-37,47,49H,11-12,14-18,20-27H2,1-10H3/t31?,33-,35+,36-,37+,43+,44-,45-,46+/m1/s1. The highest BCUT2D eigenvalue weighted by Gasteiger charge is 2.70. The second-order valence-electron chi connectivity index (χ2n) is 21.2. The molecule has 51 heavy (non-hydrogen) atoms. The number of hydrogen-bond acceptors (Lipinski definition) is 5. The Kier molecular flexibility index (Phi) is 9.34. The molecule has 5 nitrogen and oxygen atoms in total. The number of carbonyl (C=O) groups excluding carboxylic acids is 2. The first-order valence-electron chi connectivity index (χ1n) is 21.1. The molecule has 1 unspecified atom stereocenters. The lowest BCUT2D eigenvalue weighted by Gasteiger charge is -2.71. The summed E-state index contributed by atoms with van der Waals surface area (Å²) in [6, 6.07) is 0. The monoisotopic (exact) mass is 702 g/mol. The third kappa shape index (κ3) is 5.91. The fraction of sp³-hybridized carbons (Fsp3) is 0.826. The number of ether oxygens (including phenoxy) is 1. The Morgan fingerprint density at radius 2 is 1.67 bits per heavy atom. The third-order valence-corrected chi connectivity index (χ3v) is 16.7. The fourth-order valence-electron chi connectivity index (χ4n) is 13.9. The summed E-state index contributed by atoms with van der Waals surface area (Å²) in [7, 11) is 0. The van der Waals surface area contributed by atoms with E-state index in [1.54, 1.807) is 5.57 Å². The fourth-order valence-corrected chi connectivity index (χ4v) is 13.9. The molecule has 2 N–H and O–H groups in total. The zero-order valence-corrected chi connectivity index (χ0v) is 34.0. The van der Waals surface area contributed by atoms with E-state index in [1.807, 2.05) is 20.8 Å². The van der Waals surface area contributed by atoms with Crippen LogP contribution in [0.1, 0.15) is 153 Å². The number of nitrogens with one attached hydrogen (secondary N) is 1. The maximum absolute atomic E-state index is 14.0. The molecule has 0 bridgehead atoms. The third-order valence-electron chi connectivity index (χ3n) is 16.7. The van der Waals surface area contributed by atoms with Crippen molar-refractivity contribution < 1.29 is 19.4 Å². The number of esters is 1. The minimum Gasteiger partial charge on any atom is -0.460 e. The van der Waals surface area contributed by atoms with Crippen LogP contribution in [-0.4, -0.2) is 41.7 Å². The van der Waals surface area contributed by atoms with Gasteiger partial charge >= 0.3 is 5.97 Å². The lowest BCUT2D eigenvalue weighted by atomic mass is 9.33. The summed E-state index contributed by atoms with van der Waals surface area (Å²) >= 11 is 0. The smallest absolute Gasteiger partial charge is 0.309 e. The Morgan fingerprint density at radius 3 is 2.29 bits per heavy atom. The van der Waals surface area contributed by atoms with Gasteiger partial charge in [0.15, 0.2) is 5.78 Å². The number of ketones is 1. The topological polar surface area (TPSA) is 75.6 Å².